The molecule has 0 saturated carbocycles. The summed E-state index contributed by atoms with van der Waals surface area (Å²) < 4.78 is 35.8. The number of nitrogen functional groups attached to an aromatic ring is 2. The summed E-state index contributed by atoms with van der Waals surface area (Å²) in [5.41, 5.74) is 9.23. The molecular formula is C6H7ClF3N3. The van der Waals surface area contributed by atoms with Crippen LogP contribution in [0.4, 0.5) is 24.5 Å². The van der Waals surface area contributed by atoms with Gasteiger partial charge in [-0.2, -0.15) is 13.2 Å². The van der Waals surface area contributed by atoms with Crippen molar-refractivity contribution in [2.45, 2.75) is 6.18 Å². The van der Waals surface area contributed by atoms with Gasteiger partial charge >= 0.3 is 6.18 Å². The van der Waals surface area contributed by atoms with Crippen LogP contribution in [-0.2, 0) is 6.18 Å². The number of aromatic nitrogens is 1. The second-order valence-corrected chi connectivity index (χ2v) is 2.20. The van der Waals surface area contributed by atoms with Crippen molar-refractivity contribution in [3.63, 3.8) is 0 Å². The second-order valence-electron chi connectivity index (χ2n) is 2.20. The van der Waals surface area contributed by atoms with Crippen LogP contribution in [0.25, 0.3) is 0 Å². The van der Waals surface area contributed by atoms with E-state index in [4.69, 9.17) is 11.5 Å². The monoisotopic (exact) mass is 213 g/mol. The van der Waals surface area contributed by atoms with Crippen LogP contribution in [0.5, 0.6) is 0 Å². The predicted molar refractivity (Wildman–Crippen MR) is 45.3 cm³/mol. The van der Waals surface area contributed by atoms with E-state index in [1.54, 1.807) is 0 Å². The van der Waals surface area contributed by atoms with E-state index >= 15 is 0 Å². The number of hydrogen-bond acceptors (Lipinski definition) is 3. The first kappa shape index (κ1) is 11.8. The number of anilines is 2. The third kappa shape index (κ3) is 2.66. The first-order chi connectivity index (χ1) is 5.41. The fourth-order valence-corrected chi connectivity index (χ4v) is 0.637. The molecule has 0 aliphatic heterocycles. The van der Waals surface area contributed by atoms with Gasteiger partial charge in [0.25, 0.3) is 0 Å². The van der Waals surface area contributed by atoms with Crippen molar-refractivity contribution in [1.82, 2.24) is 4.98 Å². The van der Waals surface area contributed by atoms with Crippen molar-refractivity contribution in [1.29, 1.82) is 0 Å². The molecule has 0 aromatic carbocycles. The van der Waals surface area contributed by atoms with Gasteiger partial charge in [0.15, 0.2) is 0 Å². The Morgan fingerprint density at radius 1 is 1.15 bits per heavy atom. The minimum absolute atomic E-state index is 0. The summed E-state index contributed by atoms with van der Waals surface area (Å²) in [5, 5.41) is 0. The van der Waals surface area contributed by atoms with Crippen LogP contribution >= 0.6 is 12.4 Å². The van der Waals surface area contributed by atoms with Crippen LogP contribution in [0.1, 0.15) is 5.69 Å². The van der Waals surface area contributed by atoms with Gasteiger partial charge in [-0.3, -0.25) is 0 Å². The summed E-state index contributed by atoms with van der Waals surface area (Å²) in [5.74, 6) is 0. The van der Waals surface area contributed by atoms with Crippen molar-refractivity contribution >= 4 is 23.8 Å². The normalized spacial score (nSPS) is 10.7. The first-order valence-corrected chi connectivity index (χ1v) is 2.99. The Hall–Kier alpha value is -1.17. The molecule has 0 aliphatic rings. The third-order valence-electron chi connectivity index (χ3n) is 1.26. The van der Waals surface area contributed by atoms with Gasteiger partial charge < -0.3 is 11.5 Å². The summed E-state index contributed by atoms with van der Waals surface area (Å²) in [7, 11) is 0. The van der Waals surface area contributed by atoms with E-state index in [0.717, 1.165) is 6.20 Å². The van der Waals surface area contributed by atoms with Crippen LogP contribution in [0.2, 0.25) is 0 Å². The minimum atomic E-state index is -4.47. The Morgan fingerprint density at radius 2 is 1.69 bits per heavy atom. The lowest BCUT2D eigenvalue weighted by Crippen LogP contribution is -2.09. The Labute approximate surface area is 78.3 Å². The smallest absolute Gasteiger partial charge is 0.397 e. The fraction of sp³-hybridized carbons (Fsp3) is 0.167. The van der Waals surface area contributed by atoms with Gasteiger partial charge in [0, 0.05) is 0 Å². The molecule has 0 saturated heterocycles. The number of nitrogens with two attached hydrogens (primary N) is 2. The maximum atomic E-state index is 11.9. The molecule has 0 spiro atoms. The lowest BCUT2D eigenvalue weighted by Gasteiger charge is -2.06. The average Bonchev–Trinajstić information content (AvgIpc) is 1.92. The molecule has 13 heavy (non-hydrogen) atoms. The number of hydrogen-bond donors (Lipinski definition) is 2. The van der Waals surface area contributed by atoms with E-state index in [9.17, 15) is 13.2 Å². The van der Waals surface area contributed by atoms with Crippen molar-refractivity contribution in [3.8, 4) is 0 Å². The molecular weight excluding hydrogens is 207 g/mol. The molecule has 1 heterocycles. The molecule has 1 aromatic heterocycles. The Kier molecular flexibility index (Phi) is 3.36. The summed E-state index contributed by atoms with van der Waals surface area (Å²) in [4.78, 5) is 3.08. The van der Waals surface area contributed by atoms with Crippen molar-refractivity contribution in [2.75, 3.05) is 11.5 Å². The highest BCUT2D eigenvalue weighted by Gasteiger charge is 2.32. The van der Waals surface area contributed by atoms with E-state index in [1.807, 2.05) is 0 Å². The van der Waals surface area contributed by atoms with Crippen LogP contribution in [-0.4, -0.2) is 4.98 Å². The Bertz CT molecular complexity index is 300. The minimum Gasteiger partial charge on any atom is -0.397 e. The van der Waals surface area contributed by atoms with E-state index in [2.05, 4.69) is 4.98 Å². The number of rotatable bonds is 0. The van der Waals surface area contributed by atoms with Gasteiger partial charge in [-0.25, -0.2) is 4.98 Å². The van der Waals surface area contributed by atoms with Gasteiger partial charge in [-0.1, -0.05) is 0 Å². The highest BCUT2D eigenvalue weighted by Crippen LogP contribution is 2.29. The van der Waals surface area contributed by atoms with Crippen LogP contribution < -0.4 is 11.5 Å². The van der Waals surface area contributed by atoms with E-state index in [-0.39, 0.29) is 23.8 Å². The Balaban J connectivity index is 0.00000144. The van der Waals surface area contributed by atoms with Gasteiger partial charge in [-0.15, -0.1) is 12.4 Å². The zero-order valence-electron chi connectivity index (χ0n) is 6.30. The highest BCUT2D eigenvalue weighted by molar-refractivity contribution is 5.85. The molecule has 74 valence electrons. The Morgan fingerprint density at radius 3 is 2.08 bits per heavy atom. The maximum Gasteiger partial charge on any atom is 0.433 e. The van der Waals surface area contributed by atoms with Gasteiger partial charge in [-0.05, 0) is 6.07 Å². The quantitative estimate of drug-likeness (QED) is 0.689. The highest BCUT2D eigenvalue weighted by atomic mass is 35.5. The van der Waals surface area contributed by atoms with Crippen LogP contribution in [0.15, 0.2) is 12.3 Å². The standard InChI is InChI=1S/C6H6F3N3.ClH/c7-6(8,9)5-1-3(10)4(11)2-12-5;/h1-2H,11H2,(H2,10,12);1H. The number of nitrogens with zero attached hydrogens (tertiary/aromatic N) is 1. The summed E-state index contributed by atoms with van der Waals surface area (Å²) >= 11 is 0. The van der Waals surface area contributed by atoms with Crippen molar-refractivity contribution in [2.24, 2.45) is 0 Å². The molecule has 0 bridgehead atoms. The molecule has 0 amide bonds. The zero-order chi connectivity index (χ0) is 9.35. The van der Waals surface area contributed by atoms with Crippen molar-refractivity contribution < 1.29 is 13.2 Å². The van der Waals surface area contributed by atoms with Gasteiger partial charge in [0.05, 0.1) is 17.6 Å². The third-order valence-corrected chi connectivity index (χ3v) is 1.26. The lowest BCUT2D eigenvalue weighted by molar-refractivity contribution is -0.141. The fourth-order valence-electron chi connectivity index (χ4n) is 0.637. The molecule has 0 unspecified atom stereocenters. The summed E-state index contributed by atoms with van der Waals surface area (Å²) in [6.45, 7) is 0. The largest absolute Gasteiger partial charge is 0.433 e. The van der Waals surface area contributed by atoms with E-state index < -0.39 is 11.9 Å². The number of alkyl halides is 3. The molecule has 1 rings (SSSR count). The molecule has 0 radical (unpaired) electrons. The van der Waals surface area contributed by atoms with Gasteiger partial charge in [0.1, 0.15) is 5.69 Å². The predicted octanol–water partition coefficient (Wildman–Crippen LogP) is 1.69. The van der Waals surface area contributed by atoms with E-state index in [1.165, 1.54) is 0 Å². The lowest BCUT2D eigenvalue weighted by atomic mass is 10.3. The summed E-state index contributed by atoms with van der Waals surface area (Å²) in [6, 6.07) is 0.704. The van der Waals surface area contributed by atoms with Crippen LogP contribution in [0, 0.1) is 0 Å². The molecule has 7 heteroatoms. The molecule has 0 aliphatic carbocycles. The molecule has 0 fully saturated rings. The summed E-state index contributed by atoms with van der Waals surface area (Å²) in [6.07, 6.45) is -3.58. The maximum absolute atomic E-state index is 11.9. The zero-order valence-corrected chi connectivity index (χ0v) is 7.12. The molecule has 1 aromatic rings. The average molecular weight is 214 g/mol. The molecule has 3 nitrogen and oxygen atoms in total. The van der Waals surface area contributed by atoms with Crippen molar-refractivity contribution in [3.05, 3.63) is 18.0 Å². The van der Waals surface area contributed by atoms with E-state index in [0.29, 0.717) is 6.07 Å². The second kappa shape index (κ2) is 3.69. The number of pyridine rings is 1. The topological polar surface area (TPSA) is 64.9 Å². The van der Waals surface area contributed by atoms with Gasteiger partial charge in [0.2, 0.25) is 0 Å². The SMILES string of the molecule is Cl.Nc1cnc(C(F)(F)F)cc1N. The molecule has 0 atom stereocenters. The van der Waals surface area contributed by atoms with Crippen LogP contribution in [0.3, 0.4) is 0 Å². The molecule has 4 N–H and O–H groups in total. The first-order valence-electron chi connectivity index (χ1n) is 2.99. The number of halogens is 4.